The molecule has 0 saturated carbocycles. The lowest BCUT2D eigenvalue weighted by atomic mass is 10.1. The Kier molecular flexibility index (Phi) is 40.2. The Morgan fingerprint density at radius 2 is 1.02 bits per heavy atom. The summed E-state index contributed by atoms with van der Waals surface area (Å²) in [5.41, 5.74) is 0. The van der Waals surface area contributed by atoms with Crippen LogP contribution in [0.1, 0.15) is 174 Å². The molecular weight excluding hydrogens is 725 g/mol. The lowest BCUT2D eigenvalue weighted by Gasteiger charge is -2.15. The summed E-state index contributed by atoms with van der Waals surface area (Å²) in [5.74, 6) is -0.542. The predicted molar refractivity (Wildman–Crippen MR) is 233 cm³/mol. The molecule has 0 saturated heterocycles. The number of amides is 1. The number of unbranched alkanes of at least 4 members (excludes halogenated alkanes) is 15. The van der Waals surface area contributed by atoms with Gasteiger partial charge >= 0.3 is 13.8 Å². The highest BCUT2D eigenvalue weighted by Gasteiger charge is 2.23. The fraction of sp³-hybridized carbons (Fsp3) is 0.696. The second-order valence-corrected chi connectivity index (χ2v) is 15.7. The van der Waals surface area contributed by atoms with Gasteiger partial charge in [-0.1, -0.05) is 151 Å². The van der Waals surface area contributed by atoms with Crippen LogP contribution in [0.15, 0.2) is 72.9 Å². The maximum atomic E-state index is 12.1. The van der Waals surface area contributed by atoms with Gasteiger partial charge < -0.3 is 20.1 Å². The molecule has 0 bridgehead atoms. The number of carbonyl (C=O) groups excluding carboxylic acids is 2. The zero-order valence-electron chi connectivity index (χ0n) is 35.3. The summed E-state index contributed by atoms with van der Waals surface area (Å²) in [7, 11) is -4.42. The number of ether oxygens (including phenoxy) is 1. The maximum Gasteiger partial charge on any atom is 0.472 e. The van der Waals surface area contributed by atoms with Gasteiger partial charge in [-0.25, -0.2) is 4.57 Å². The van der Waals surface area contributed by atoms with Gasteiger partial charge in [-0.05, 0) is 83.5 Å². The average Bonchev–Trinajstić information content (AvgIpc) is 3.18. The van der Waals surface area contributed by atoms with E-state index in [-0.39, 0.29) is 32.1 Å². The second-order valence-electron chi connectivity index (χ2n) is 14.3. The number of phosphoric ester groups is 1. The Hall–Kier alpha value is -2.55. The van der Waals surface area contributed by atoms with Crippen LogP contribution in [-0.4, -0.2) is 54.3 Å². The van der Waals surface area contributed by atoms with Crippen LogP contribution >= 0.6 is 7.82 Å². The van der Waals surface area contributed by atoms with Gasteiger partial charge in [0, 0.05) is 19.4 Å². The molecule has 9 nitrogen and oxygen atoms in total. The molecule has 0 heterocycles. The molecule has 10 heteroatoms. The van der Waals surface area contributed by atoms with E-state index in [9.17, 15) is 24.2 Å². The largest absolute Gasteiger partial charge is 0.472 e. The van der Waals surface area contributed by atoms with Crippen LogP contribution in [0.3, 0.4) is 0 Å². The second kappa shape index (κ2) is 42.1. The summed E-state index contributed by atoms with van der Waals surface area (Å²) >= 11 is 0. The lowest BCUT2D eigenvalue weighted by molar-refractivity contribution is -0.147. The van der Waals surface area contributed by atoms with E-state index in [1.54, 1.807) is 0 Å². The fourth-order valence-corrected chi connectivity index (χ4v) is 6.33. The molecule has 0 aliphatic heterocycles. The summed E-state index contributed by atoms with van der Waals surface area (Å²) in [6, 6.07) is 0. The highest BCUT2D eigenvalue weighted by molar-refractivity contribution is 7.47. The van der Waals surface area contributed by atoms with Crippen molar-refractivity contribution < 1.29 is 37.9 Å². The minimum absolute atomic E-state index is 0.0727. The number of nitrogens with one attached hydrogen (secondary N) is 1. The first-order valence-electron chi connectivity index (χ1n) is 21.9. The van der Waals surface area contributed by atoms with Gasteiger partial charge in [0.15, 0.2) is 0 Å². The standard InChI is InChI=1S/C46H80NO8P/c1-3-5-7-9-11-13-15-17-18-19-20-21-22-23-24-25-26-27-29-31-33-35-37-39-46(50)53-42-44(48)43-55-56(51,52)54-41-40-47-45(49)38-36-34-32-30-28-16-14-12-10-8-6-4-2/h5,7,11-14,17-18,20-21,23-24,44,48H,3-4,6,8-10,15-16,19,22,25-43H2,1-2H3,(H,47,49)(H,51,52)/b7-5-,13-11-,14-12-,18-17-,21-20-,24-23-. The van der Waals surface area contributed by atoms with Gasteiger partial charge in [0.2, 0.25) is 5.91 Å². The van der Waals surface area contributed by atoms with Crippen LogP contribution in [0, 0.1) is 0 Å². The zero-order valence-corrected chi connectivity index (χ0v) is 36.2. The Bertz CT molecular complexity index is 1150. The Morgan fingerprint density at radius 3 is 1.55 bits per heavy atom. The molecule has 0 aliphatic carbocycles. The number of rotatable bonds is 40. The van der Waals surface area contributed by atoms with E-state index < -0.39 is 26.5 Å². The van der Waals surface area contributed by atoms with Crippen LogP contribution in [0.2, 0.25) is 0 Å². The van der Waals surface area contributed by atoms with E-state index in [1.165, 1.54) is 51.4 Å². The quantitative estimate of drug-likeness (QED) is 0.0241. The zero-order chi connectivity index (χ0) is 41.1. The Morgan fingerprint density at radius 1 is 0.571 bits per heavy atom. The van der Waals surface area contributed by atoms with Crippen molar-refractivity contribution in [1.82, 2.24) is 5.32 Å². The summed E-state index contributed by atoms with van der Waals surface area (Å²) in [6.07, 6.45) is 51.2. The molecule has 1 amide bonds. The molecule has 0 aromatic rings. The molecule has 0 fully saturated rings. The first-order valence-corrected chi connectivity index (χ1v) is 23.4. The van der Waals surface area contributed by atoms with Crippen molar-refractivity contribution in [2.24, 2.45) is 0 Å². The van der Waals surface area contributed by atoms with Crippen molar-refractivity contribution in [2.45, 2.75) is 180 Å². The molecule has 322 valence electrons. The van der Waals surface area contributed by atoms with E-state index >= 15 is 0 Å². The lowest BCUT2D eigenvalue weighted by Crippen LogP contribution is -2.27. The minimum Gasteiger partial charge on any atom is -0.463 e. The van der Waals surface area contributed by atoms with Gasteiger partial charge in [-0.2, -0.15) is 0 Å². The smallest absolute Gasteiger partial charge is 0.463 e. The molecule has 3 N–H and O–H groups in total. The normalized spacial score (nSPS) is 14.0. The third kappa shape index (κ3) is 42.6. The van der Waals surface area contributed by atoms with Crippen molar-refractivity contribution >= 4 is 19.7 Å². The fourth-order valence-electron chi connectivity index (χ4n) is 5.58. The van der Waals surface area contributed by atoms with E-state index in [1.807, 2.05) is 0 Å². The maximum absolute atomic E-state index is 12.1. The number of allylic oxidation sites excluding steroid dienone is 12. The van der Waals surface area contributed by atoms with Gasteiger partial charge in [-0.3, -0.25) is 18.6 Å². The summed E-state index contributed by atoms with van der Waals surface area (Å²) in [5, 5.41) is 12.7. The van der Waals surface area contributed by atoms with Crippen LogP contribution in [0.4, 0.5) is 0 Å². The molecule has 0 aromatic heterocycles. The van der Waals surface area contributed by atoms with E-state index in [0.29, 0.717) is 6.42 Å². The van der Waals surface area contributed by atoms with Crippen LogP contribution < -0.4 is 5.32 Å². The van der Waals surface area contributed by atoms with Gasteiger partial charge in [0.05, 0.1) is 13.2 Å². The highest BCUT2D eigenvalue weighted by atomic mass is 31.2. The molecule has 0 rings (SSSR count). The Labute approximate surface area is 341 Å². The van der Waals surface area contributed by atoms with Crippen LogP contribution in [0.5, 0.6) is 0 Å². The molecule has 0 spiro atoms. The molecule has 0 radical (unpaired) electrons. The third-order valence-corrected chi connectivity index (χ3v) is 9.85. The number of aliphatic hydroxyl groups is 1. The van der Waals surface area contributed by atoms with Gasteiger partial charge in [0.25, 0.3) is 0 Å². The minimum atomic E-state index is -4.42. The van der Waals surface area contributed by atoms with Crippen molar-refractivity contribution in [1.29, 1.82) is 0 Å². The first-order chi connectivity index (χ1) is 27.3. The van der Waals surface area contributed by atoms with Crippen molar-refractivity contribution in [3.05, 3.63) is 72.9 Å². The van der Waals surface area contributed by atoms with Crippen LogP contribution in [0.25, 0.3) is 0 Å². The molecular formula is C46H80NO8P. The number of carbonyl (C=O) groups is 2. The third-order valence-electron chi connectivity index (χ3n) is 8.87. The summed E-state index contributed by atoms with van der Waals surface area (Å²) < 4.78 is 26.8. The average molecular weight is 806 g/mol. The molecule has 2 unspecified atom stereocenters. The van der Waals surface area contributed by atoms with Crippen molar-refractivity contribution in [3.8, 4) is 0 Å². The van der Waals surface area contributed by atoms with Crippen LogP contribution in [-0.2, 0) is 27.9 Å². The molecule has 0 aromatic carbocycles. The number of aliphatic hydroxyl groups excluding tert-OH is 1. The van der Waals surface area contributed by atoms with E-state index in [4.69, 9.17) is 13.8 Å². The Balaban J connectivity index is 3.64. The number of esters is 1. The van der Waals surface area contributed by atoms with Gasteiger partial charge in [-0.15, -0.1) is 0 Å². The number of hydrogen-bond donors (Lipinski definition) is 3. The monoisotopic (exact) mass is 806 g/mol. The molecule has 56 heavy (non-hydrogen) atoms. The topological polar surface area (TPSA) is 131 Å². The predicted octanol–water partition coefficient (Wildman–Crippen LogP) is 12.3. The van der Waals surface area contributed by atoms with Crippen molar-refractivity contribution in [3.63, 3.8) is 0 Å². The van der Waals surface area contributed by atoms with Crippen molar-refractivity contribution in [2.75, 3.05) is 26.4 Å². The SMILES string of the molecule is CC/C=C\C/C=C\C/C=C\C/C=C\C/C=C\CCCCCCCCCC(=O)OCC(O)COP(=O)(O)OCCNC(=O)CCCCCCC/C=C\CCCCC. The number of hydrogen-bond acceptors (Lipinski definition) is 7. The summed E-state index contributed by atoms with van der Waals surface area (Å²) in [6.45, 7) is 3.38. The summed E-state index contributed by atoms with van der Waals surface area (Å²) in [4.78, 5) is 33.9. The van der Waals surface area contributed by atoms with E-state index in [0.717, 1.165) is 96.3 Å². The highest BCUT2D eigenvalue weighted by Crippen LogP contribution is 2.42. The molecule has 0 aliphatic rings. The number of phosphoric acid groups is 1. The first kappa shape index (κ1) is 53.5. The molecule has 2 atom stereocenters. The van der Waals surface area contributed by atoms with E-state index in [2.05, 4.69) is 92.1 Å². The van der Waals surface area contributed by atoms with Gasteiger partial charge in [0.1, 0.15) is 12.7 Å².